The van der Waals surface area contributed by atoms with Gasteiger partial charge in [0, 0.05) is 29.7 Å². The monoisotopic (exact) mass is 342 g/mol. The summed E-state index contributed by atoms with van der Waals surface area (Å²) in [5.41, 5.74) is 0.572. The number of hydrogen-bond donors (Lipinski definition) is 1. The highest BCUT2D eigenvalue weighted by molar-refractivity contribution is 9.10. The Hall–Kier alpha value is -0.940. The predicted molar refractivity (Wildman–Crippen MR) is 80.9 cm³/mol. The molecule has 0 aromatic heterocycles. The average molecular weight is 343 g/mol. The number of carbonyl (C=O) groups excluding carboxylic acids is 1. The first-order valence-electron chi connectivity index (χ1n) is 7.09. The summed E-state index contributed by atoms with van der Waals surface area (Å²) in [5, 5.41) is 3.04. The number of benzene rings is 1. The van der Waals surface area contributed by atoms with Crippen molar-refractivity contribution < 1.29 is 9.18 Å². The summed E-state index contributed by atoms with van der Waals surface area (Å²) >= 11 is 3.32. The van der Waals surface area contributed by atoms with Crippen LogP contribution >= 0.6 is 15.9 Å². The molecule has 5 heteroatoms. The highest BCUT2D eigenvalue weighted by Crippen LogP contribution is 2.15. The van der Waals surface area contributed by atoms with Crippen LogP contribution in [0, 0.1) is 5.82 Å². The second-order valence-corrected chi connectivity index (χ2v) is 6.05. The molecule has 1 fully saturated rings. The Bertz CT molecular complexity index is 459. The van der Waals surface area contributed by atoms with Crippen molar-refractivity contribution in [3.05, 3.63) is 34.1 Å². The molecule has 1 amide bonds. The van der Waals surface area contributed by atoms with E-state index in [2.05, 4.69) is 21.2 Å². The maximum absolute atomic E-state index is 13.5. The van der Waals surface area contributed by atoms with Crippen molar-refractivity contribution in [3.63, 3.8) is 0 Å². The summed E-state index contributed by atoms with van der Waals surface area (Å²) in [4.78, 5) is 14.0. The first kappa shape index (κ1) is 15.4. The number of likely N-dealkylation sites (tertiary alicyclic amines) is 1. The number of nitrogens with zero attached hydrogens (tertiary/aromatic N) is 1. The minimum atomic E-state index is -0.247. The molecule has 0 aliphatic carbocycles. The van der Waals surface area contributed by atoms with Gasteiger partial charge in [0.15, 0.2) is 0 Å². The molecule has 1 aliphatic rings. The fraction of sp³-hybridized carbons (Fsp3) is 0.533. The van der Waals surface area contributed by atoms with Gasteiger partial charge in [0.2, 0.25) is 5.91 Å². The third-order valence-electron chi connectivity index (χ3n) is 3.56. The van der Waals surface area contributed by atoms with Gasteiger partial charge in [-0.1, -0.05) is 28.8 Å². The largest absolute Gasteiger partial charge is 0.342 e. The van der Waals surface area contributed by atoms with Gasteiger partial charge < -0.3 is 10.2 Å². The predicted octanol–water partition coefficient (Wildman–Crippen LogP) is 3.08. The lowest BCUT2D eigenvalue weighted by Crippen LogP contribution is -2.38. The summed E-state index contributed by atoms with van der Waals surface area (Å²) in [6.07, 6.45) is 4.60. The summed E-state index contributed by atoms with van der Waals surface area (Å²) < 4.78 is 14.4. The van der Waals surface area contributed by atoms with E-state index in [0.29, 0.717) is 12.1 Å². The second-order valence-electron chi connectivity index (χ2n) is 5.13. The van der Waals surface area contributed by atoms with E-state index in [1.165, 1.54) is 18.9 Å². The third-order valence-corrected chi connectivity index (χ3v) is 4.05. The summed E-state index contributed by atoms with van der Waals surface area (Å²) in [5.74, 6) is -0.134. The second kappa shape index (κ2) is 7.74. The number of halogens is 2. The lowest BCUT2D eigenvalue weighted by Gasteiger charge is -2.20. The van der Waals surface area contributed by atoms with Crippen LogP contribution in [0.25, 0.3) is 0 Å². The van der Waals surface area contributed by atoms with E-state index in [0.717, 1.165) is 30.4 Å². The van der Waals surface area contributed by atoms with Gasteiger partial charge in [0.25, 0.3) is 0 Å². The standard InChI is InChI=1S/C15H20BrFN2O/c16-13-5-6-14(17)12(9-13)10-18-11-15(20)19-7-3-1-2-4-8-19/h5-6,9,18H,1-4,7-8,10-11H2. The first-order chi connectivity index (χ1) is 9.66. The number of amides is 1. The van der Waals surface area contributed by atoms with Gasteiger partial charge in [-0.25, -0.2) is 4.39 Å². The lowest BCUT2D eigenvalue weighted by atomic mass is 10.2. The summed E-state index contributed by atoms with van der Waals surface area (Å²) in [7, 11) is 0. The van der Waals surface area contributed by atoms with E-state index >= 15 is 0 Å². The molecular formula is C15H20BrFN2O. The Kier molecular flexibility index (Phi) is 5.98. The van der Waals surface area contributed by atoms with Crippen LogP contribution in [0.4, 0.5) is 4.39 Å². The molecule has 2 rings (SSSR count). The van der Waals surface area contributed by atoms with Crippen molar-refractivity contribution in [3.8, 4) is 0 Å². The van der Waals surface area contributed by atoms with Crippen molar-refractivity contribution in [1.29, 1.82) is 0 Å². The highest BCUT2D eigenvalue weighted by Gasteiger charge is 2.14. The van der Waals surface area contributed by atoms with Crippen LogP contribution in [-0.4, -0.2) is 30.4 Å². The average Bonchev–Trinajstić information content (AvgIpc) is 2.71. The topological polar surface area (TPSA) is 32.3 Å². The van der Waals surface area contributed by atoms with E-state index in [1.807, 2.05) is 4.90 Å². The molecule has 20 heavy (non-hydrogen) atoms. The maximum Gasteiger partial charge on any atom is 0.236 e. The highest BCUT2D eigenvalue weighted by atomic mass is 79.9. The van der Waals surface area contributed by atoms with Gasteiger partial charge in [0.05, 0.1) is 6.54 Å². The van der Waals surface area contributed by atoms with Gasteiger partial charge in [-0.2, -0.15) is 0 Å². The molecule has 0 bridgehead atoms. The molecule has 1 N–H and O–H groups in total. The van der Waals surface area contributed by atoms with Crippen molar-refractivity contribution >= 4 is 21.8 Å². The Labute approximate surface area is 127 Å². The Balaban J connectivity index is 1.80. The van der Waals surface area contributed by atoms with E-state index in [9.17, 15) is 9.18 Å². The zero-order chi connectivity index (χ0) is 14.4. The lowest BCUT2D eigenvalue weighted by molar-refractivity contribution is -0.130. The van der Waals surface area contributed by atoms with Crippen LogP contribution in [0.2, 0.25) is 0 Å². The molecule has 0 radical (unpaired) electrons. The fourth-order valence-corrected chi connectivity index (χ4v) is 2.82. The zero-order valence-corrected chi connectivity index (χ0v) is 13.1. The van der Waals surface area contributed by atoms with Crippen LogP contribution < -0.4 is 5.32 Å². The number of hydrogen-bond acceptors (Lipinski definition) is 2. The van der Waals surface area contributed by atoms with Gasteiger partial charge in [-0.15, -0.1) is 0 Å². The van der Waals surface area contributed by atoms with Crippen LogP contribution in [0.3, 0.4) is 0 Å². The van der Waals surface area contributed by atoms with Gasteiger partial charge in [-0.3, -0.25) is 4.79 Å². The minimum Gasteiger partial charge on any atom is -0.342 e. The van der Waals surface area contributed by atoms with Crippen molar-refractivity contribution in [2.45, 2.75) is 32.2 Å². The van der Waals surface area contributed by atoms with Gasteiger partial charge in [-0.05, 0) is 31.0 Å². The molecule has 0 atom stereocenters. The van der Waals surface area contributed by atoms with Gasteiger partial charge in [0.1, 0.15) is 5.82 Å². The Morgan fingerprint density at radius 3 is 2.65 bits per heavy atom. The van der Waals surface area contributed by atoms with E-state index < -0.39 is 0 Å². The normalized spacial score (nSPS) is 16.0. The molecule has 1 heterocycles. The number of nitrogens with one attached hydrogen (secondary N) is 1. The SMILES string of the molecule is O=C(CNCc1cc(Br)ccc1F)N1CCCCCC1. The third kappa shape index (κ3) is 4.56. The van der Waals surface area contributed by atoms with E-state index in [4.69, 9.17) is 0 Å². The van der Waals surface area contributed by atoms with Crippen molar-refractivity contribution in [2.24, 2.45) is 0 Å². The van der Waals surface area contributed by atoms with Crippen LogP contribution in [-0.2, 0) is 11.3 Å². The van der Waals surface area contributed by atoms with Crippen molar-refractivity contribution in [1.82, 2.24) is 10.2 Å². The molecule has 1 aromatic rings. The zero-order valence-electron chi connectivity index (χ0n) is 11.5. The molecule has 3 nitrogen and oxygen atoms in total. The van der Waals surface area contributed by atoms with E-state index in [-0.39, 0.29) is 18.3 Å². The summed E-state index contributed by atoms with van der Waals surface area (Å²) in [6.45, 7) is 2.34. The number of rotatable bonds is 4. The quantitative estimate of drug-likeness (QED) is 0.911. The molecule has 1 saturated heterocycles. The first-order valence-corrected chi connectivity index (χ1v) is 7.88. The fourth-order valence-electron chi connectivity index (χ4n) is 2.41. The minimum absolute atomic E-state index is 0.113. The summed E-state index contributed by atoms with van der Waals surface area (Å²) in [6, 6.07) is 4.83. The Morgan fingerprint density at radius 2 is 1.95 bits per heavy atom. The smallest absolute Gasteiger partial charge is 0.236 e. The van der Waals surface area contributed by atoms with Crippen molar-refractivity contribution in [2.75, 3.05) is 19.6 Å². The maximum atomic E-state index is 13.5. The van der Waals surface area contributed by atoms with Crippen LogP contribution in [0.5, 0.6) is 0 Å². The molecule has 0 saturated carbocycles. The molecular weight excluding hydrogens is 323 g/mol. The van der Waals surface area contributed by atoms with Gasteiger partial charge >= 0.3 is 0 Å². The number of carbonyl (C=O) groups is 1. The molecule has 110 valence electrons. The Morgan fingerprint density at radius 1 is 1.25 bits per heavy atom. The van der Waals surface area contributed by atoms with Crippen LogP contribution in [0.1, 0.15) is 31.2 Å². The molecule has 0 unspecified atom stereocenters. The molecule has 0 spiro atoms. The van der Waals surface area contributed by atoms with E-state index in [1.54, 1.807) is 12.1 Å². The molecule has 1 aliphatic heterocycles. The molecule has 1 aromatic carbocycles. The van der Waals surface area contributed by atoms with Crippen LogP contribution in [0.15, 0.2) is 22.7 Å².